The van der Waals surface area contributed by atoms with E-state index in [4.69, 9.17) is 9.47 Å². The van der Waals surface area contributed by atoms with E-state index in [1.54, 1.807) is 31.7 Å². The lowest BCUT2D eigenvalue weighted by atomic mass is 10.0. The van der Waals surface area contributed by atoms with E-state index in [1.807, 2.05) is 31.2 Å². The topological polar surface area (TPSA) is 55.8 Å². The predicted octanol–water partition coefficient (Wildman–Crippen LogP) is 5.54. The number of hydrogen-bond acceptors (Lipinski definition) is 4. The summed E-state index contributed by atoms with van der Waals surface area (Å²) in [5.74, 6) is -0.482. The number of aryl methyl sites for hydroxylation is 1. The molecule has 1 aliphatic carbocycles. The van der Waals surface area contributed by atoms with Gasteiger partial charge in [0.05, 0.1) is 12.1 Å². The number of nitrogens with zero attached hydrogens (tertiary/aromatic N) is 1. The summed E-state index contributed by atoms with van der Waals surface area (Å²) in [5, 5.41) is 0. The van der Waals surface area contributed by atoms with E-state index in [-0.39, 0.29) is 23.5 Å². The Morgan fingerprint density at radius 1 is 1.12 bits per heavy atom. The van der Waals surface area contributed by atoms with E-state index in [9.17, 15) is 14.0 Å². The molecule has 2 fully saturated rings. The van der Waals surface area contributed by atoms with Crippen LogP contribution >= 0.6 is 0 Å². The van der Waals surface area contributed by atoms with Crippen molar-refractivity contribution in [2.45, 2.75) is 77.5 Å². The monoisotopic (exact) mass is 453 g/mol. The second kappa shape index (κ2) is 9.16. The minimum Gasteiger partial charge on any atom is -0.488 e. The van der Waals surface area contributed by atoms with Gasteiger partial charge in [0.25, 0.3) is 0 Å². The molecule has 2 aliphatic rings. The largest absolute Gasteiger partial charge is 0.488 e. The molecule has 6 heteroatoms. The molecule has 0 aromatic heterocycles. The molecule has 1 saturated heterocycles. The van der Waals surface area contributed by atoms with Crippen molar-refractivity contribution in [3.63, 3.8) is 0 Å². The van der Waals surface area contributed by atoms with Crippen LogP contribution in [0, 0.1) is 12.7 Å². The molecule has 0 unspecified atom stereocenters. The molecule has 0 N–H and O–H groups in total. The number of halogens is 1. The van der Waals surface area contributed by atoms with Crippen LogP contribution in [0.2, 0.25) is 0 Å². The lowest BCUT2D eigenvalue weighted by Crippen LogP contribution is -2.44. The van der Waals surface area contributed by atoms with E-state index < -0.39 is 17.4 Å². The van der Waals surface area contributed by atoms with Crippen LogP contribution in [0.3, 0.4) is 0 Å². The van der Waals surface area contributed by atoms with Gasteiger partial charge in [0, 0.05) is 19.0 Å². The number of likely N-dealkylation sites (tertiary alicyclic amines) is 1. The van der Waals surface area contributed by atoms with Gasteiger partial charge in [0.15, 0.2) is 0 Å². The third-order valence-electron chi connectivity index (χ3n) is 5.98. The number of carbonyl (C=O) groups excluding carboxylic acids is 2. The number of ether oxygens (including phenoxy) is 2. The smallest absolute Gasteiger partial charge is 0.341 e. The van der Waals surface area contributed by atoms with Crippen LogP contribution in [0.15, 0.2) is 36.4 Å². The number of esters is 1. The Morgan fingerprint density at radius 2 is 1.82 bits per heavy atom. The lowest BCUT2D eigenvalue weighted by Gasteiger charge is -2.33. The fourth-order valence-electron chi connectivity index (χ4n) is 4.10. The fourth-order valence-corrected chi connectivity index (χ4v) is 4.10. The van der Waals surface area contributed by atoms with Gasteiger partial charge in [-0.15, -0.1) is 0 Å². The Bertz CT molecular complexity index is 1040. The summed E-state index contributed by atoms with van der Waals surface area (Å²) >= 11 is 0. The van der Waals surface area contributed by atoms with Gasteiger partial charge in [0.1, 0.15) is 23.3 Å². The lowest BCUT2D eigenvalue weighted by molar-refractivity contribution is -0.136. The van der Waals surface area contributed by atoms with Crippen molar-refractivity contribution < 1.29 is 23.5 Å². The first-order valence-electron chi connectivity index (χ1n) is 11.7. The number of carbonyl (C=O) groups is 2. The molecule has 4 rings (SSSR count). The average molecular weight is 454 g/mol. The third-order valence-corrected chi connectivity index (χ3v) is 5.98. The van der Waals surface area contributed by atoms with Crippen LogP contribution in [-0.4, -0.2) is 35.0 Å². The van der Waals surface area contributed by atoms with Gasteiger partial charge < -0.3 is 14.4 Å². The number of amides is 1. The molecule has 176 valence electrons. The number of benzene rings is 2. The van der Waals surface area contributed by atoms with Gasteiger partial charge in [-0.25, -0.2) is 9.18 Å². The van der Waals surface area contributed by atoms with Crippen molar-refractivity contribution in [2.24, 2.45) is 0 Å². The maximum Gasteiger partial charge on any atom is 0.341 e. The summed E-state index contributed by atoms with van der Waals surface area (Å²) in [5.41, 5.74) is 2.34. The molecular weight excluding hydrogens is 421 g/mol. The highest BCUT2D eigenvalue weighted by atomic mass is 19.1. The fraction of sp³-hybridized carbons (Fsp3) is 0.481. The van der Waals surface area contributed by atoms with Crippen LogP contribution in [0.1, 0.15) is 79.4 Å². The molecule has 5 nitrogen and oxygen atoms in total. The quantitative estimate of drug-likeness (QED) is 0.539. The van der Waals surface area contributed by atoms with Gasteiger partial charge in [-0.3, -0.25) is 4.79 Å². The van der Waals surface area contributed by atoms with Gasteiger partial charge in [-0.1, -0.05) is 29.8 Å². The highest BCUT2D eigenvalue weighted by molar-refractivity contribution is 5.90. The van der Waals surface area contributed by atoms with Crippen LogP contribution in [0.25, 0.3) is 0 Å². The van der Waals surface area contributed by atoms with E-state index in [0.29, 0.717) is 31.7 Å². The molecule has 0 spiro atoms. The standard InChI is InChI=1S/C27H32FNO4/c1-17-5-7-18(8-6-17)15-29-16-20(11-12-25(29)30)32-24-14-23(28)22(13-21(24)19-9-10-19)26(31)33-27(2,3)4/h5-8,13-14,19-20H,9-12,15-16H2,1-4H3/t20-/m1/s1. The summed E-state index contributed by atoms with van der Waals surface area (Å²) in [6.07, 6.45) is 2.73. The summed E-state index contributed by atoms with van der Waals surface area (Å²) < 4.78 is 26.5. The molecule has 0 bridgehead atoms. The zero-order valence-corrected chi connectivity index (χ0v) is 19.8. The van der Waals surface area contributed by atoms with E-state index in [2.05, 4.69) is 0 Å². The first kappa shape index (κ1) is 23.3. The Hall–Kier alpha value is -2.89. The van der Waals surface area contributed by atoms with Crippen LogP contribution in [-0.2, 0) is 16.1 Å². The number of piperidine rings is 1. The Morgan fingerprint density at radius 3 is 2.45 bits per heavy atom. The van der Waals surface area contributed by atoms with Gasteiger partial charge in [0.2, 0.25) is 5.91 Å². The van der Waals surface area contributed by atoms with Crippen LogP contribution in [0.4, 0.5) is 4.39 Å². The SMILES string of the molecule is Cc1ccc(CN2C[C@H](Oc3cc(F)c(C(=O)OC(C)(C)C)cc3C3CC3)CCC2=O)cc1. The van der Waals surface area contributed by atoms with Crippen molar-refractivity contribution in [3.8, 4) is 5.75 Å². The first-order valence-corrected chi connectivity index (χ1v) is 11.7. The van der Waals surface area contributed by atoms with Crippen molar-refractivity contribution in [2.75, 3.05) is 6.54 Å². The zero-order valence-electron chi connectivity index (χ0n) is 19.8. The highest BCUT2D eigenvalue weighted by Crippen LogP contribution is 2.45. The predicted molar refractivity (Wildman–Crippen MR) is 124 cm³/mol. The molecule has 33 heavy (non-hydrogen) atoms. The minimum atomic E-state index is -0.700. The molecular formula is C27H32FNO4. The summed E-state index contributed by atoms with van der Waals surface area (Å²) in [6, 6.07) is 11.0. The molecule has 1 atom stereocenters. The third kappa shape index (κ3) is 5.92. The van der Waals surface area contributed by atoms with Crippen LogP contribution < -0.4 is 4.74 Å². The van der Waals surface area contributed by atoms with Gasteiger partial charge in [-0.05, 0) is 70.1 Å². The Balaban J connectivity index is 1.50. The summed E-state index contributed by atoms with van der Waals surface area (Å²) in [6.45, 7) is 8.29. The average Bonchev–Trinajstić information content (AvgIpc) is 3.56. The molecule has 1 aliphatic heterocycles. The molecule has 1 amide bonds. The summed E-state index contributed by atoms with van der Waals surface area (Å²) in [4.78, 5) is 26.8. The normalized spacial score (nSPS) is 18.9. The molecule has 1 saturated carbocycles. The maximum absolute atomic E-state index is 14.9. The second-order valence-corrected chi connectivity index (χ2v) is 10.2. The van der Waals surface area contributed by atoms with Crippen LogP contribution in [0.5, 0.6) is 5.75 Å². The van der Waals surface area contributed by atoms with E-state index in [1.165, 1.54) is 11.6 Å². The highest BCUT2D eigenvalue weighted by Gasteiger charge is 2.33. The minimum absolute atomic E-state index is 0.0565. The molecule has 1 heterocycles. The number of hydrogen-bond donors (Lipinski definition) is 0. The molecule has 2 aromatic carbocycles. The Kier molecular flexibility index (Phi) is 6.46. The van der Waals surface area contributed by atoms with Gasteiger partial charge in [-0.2, -0.15) is 0 Å². The Labute approximate surface area is 194 Å². The number of rotatable bonds is 6. The molecule has 2 aromatic rings. The molecule has 0 radical (unpaired) electrons. The summed E-state index contributed by atoms with van der Waals surface area (Å²) in [7, 11) is 0. The van der Waals surface area contributed by atoms with E-state index in [0.717, 1.165) is 24.0 Å². The maximum atomic E-state index is 14.9. The van der Waals surface area contributed by atoms with Gasteiger partial charge >= 0.3 is 5.97 Å². The zero-order chi connectivity index (χ0) is 23.8. The van der Waals surface area contributed by atoms with Crippen molar-refractivity contribution >= 4 is 11.9 Å². The first-order chi connectivity index (χ1) is 15.6. The van der Waals surface area contributed by atoms with E-state index >= 15 is 0 Å². The van der Waals surface area contributed by atoms with Crippen molar-refractivity contribution in [1.82, 2.24) is 4.90 Å². The van der Waals surface area contributed by atoms with Crippen molar-refractivity contribution in [3.05, 3.63) is 64.5 Å². The van der Waals surface area contributed by atoms with Crippen molar-refractivity contribution in [1.29, 1.82) is 0 Å². The second-order valence-electron chi connectivity index (χ2n) is 10.2.